The van der Waals surface area contributed by atoms with Gasteiger partial charge in [-0.2, -0.15) is 5.10 Å². The van der Waals surface area contributed by atoms with Crippen LogP contribution in [0.3, 0.4) is 0 Å². The minimum absolute atomic E-state index is 0.142. The first kappa shape index (κ1) is 22.0. The number of hydrogen-bond donors (Lipinski definition) is 1. The van der Waals surface area contributed by atoms with Crippen molar-refractivity contribution in [3.63, 3.8) is 0 Å². The van der Waals surface area contributed by atoms with Crippen LogP contribution in [0.25, 0.3) is 5.65 Å². The van der Waals surface area contributed by atoms with Crippen molar-refractivity contribution in [3.8, 4) is 0 Å². The van der Waals surface area contributed by atoms with Crippen LogP contribution in [0.5, 0.6) is 0 Å². The fourth-order valence-corrected chi connectivity index (χ4v) is 4.30. The van der Waals surface area contributed by atoms with Crippen LogP contribution in [0.1, 0.15) is 52.1 Å². The number of carbonyl (C=O) groups is 2. The second-order valence-corrected chi connectivity index (χ2v) is 8.30. The summed E-state index contributed by atoms with van der Waals surface area (Å²) in [6.45, 7) is 5.86. The fourth-order valence-electron chi connectivity index (χ4n) is 4.30. The van der Waals surface area contributed by atoms with Gasteiger partial charge in [-0.3, -0.25) is 9.59 Å². The molecule has 0 atom stereocenters. The number of nitrogens with zero attached hydrogens (tertiary/aromatic N) is 4. The minimum atomic E-state index is -0.551. The number of ether oxygens (including phenoxy) is 1. The van der Waals surface area contributed by atoms with Crippen molar-refractivity contribution in [1.29, 1.82) is 0 Å². The lowest BCUT2D eigenvalue weighted by molar-refractivity contribution is -0.134. The van der Waals surface area contributed by atoms with Crippen LogP contribution in [-0.4, -0.2) is 50.5 Å². The standard InChI is InChI=1S/C24H29N5O3/c1-16-20(17(2)29-24(27-16)21(14-26-29)23(25)31)8-9-22(30)28-12-10-19(11-13-28)32-15-18-6-4-3-5-7-18/h3-7,14,19H,8-13,15H2,1-2H3,(H2,25,31). The molecular formula is C24H29N5O3. The normalized spacial score (nSPS) is 14.8. The van der Waals surface area contributed by atoms with E-state index in [1.807, 2.05) is 36.9 Å². The van der Waals surface area contributed by atoms with E-state index in [9.17, 15) is 9.59 Å². The third-order valence-corrected chi connectivity index (χ3v) is 6.19. The number of piperidine rings is 1. The van der Waals surface area contributed by atoms with Crippen LogP contribution >= 0.6 is 0 Å². The zero-order chi connectivity index (χ0) is 22.7. The SMILES string of the molecule is Cc1nc2c(C(N)=O)cnn2c(C)c1CCC(=O)N1CCC(OCc2ccccc2)CC1. The number of primary amides is 1. The summed E-state index contributed by atoms with van der Waals surface area (Å²) in [5.41, 5.74) is 9.98. The summed E-state index contributed by atoms with van der Waals surface area (Å²) in [6, 6.07) is 10.1. The number of carbonyl (C=O) groups excluding carboxylic acids is 2. The number of nitrogens with two attached hydrogens (primary N) is 1. The lowest BCUT2D eigenvalue weighted by Gasteiger charge is -2.32. The van der Waals surface area contributed by atoms with Crippen LogP contribution in [0.15, 0.2) is 36.5 Å². The summed E-state index contributed by atoms with van der Waals surface area (Å²) in [6.07, 6.45) is 4.33. The zero-order valence-electron chi connectivity index (χ0n) is 18.6. The van der Waals surface area contributed by atoms with Crippen molar-refractivity contribution >= 4 is 17.5 Å². The molecule has 1 aliphatic heterocycles. The molecule has 0 radical (unpaired) electrons. The first-order chi connectivity index (χ1) is 15.4. The molecular weight excluding hydrogens is 406 g/mol. The summed E-state index contributed by atoms with van der Waals surface area (Å²) in [4.78, 5) is 30.8. The Bertz CT molecular complexity index is 1120. The molecule has 3 heterocycles. The van der Waals surface area contributed by atoms with Gasteiger partial charge in [0.15, 0.2) is 5.65 Å². The smallest absolute Gasteiger partial charge is 0.254 e. The monoisotopic (exact) mass is 435 g/mol. The maximum Gasteiger partial charge on any atom is 0.254 e. The van der Waals surface area contributed by atoms with Gasteiger partial charge in [-0.05, 0) is 44.2 Å². The van der Waals surface area contributed by atoms with Gasteiger partial charge in [0.05, 0.1) is 18.9 Å². The van der Waals surface area contributed by atoms with Crippen molar-refractivity contribution in [3.05, 3.63) is 64.6 Å². The van der Waals surface area contributed by atoms with Crippen LogP contribution in [0.2, 0.25) is 0 Å². The van der Waals surface area contributed by atoms with Crippen LogP contribution in [0, 0.1) is 13.8 Å². The molecule has 32 heavy (non-hydrogen) atoms. The van der Waals surface area contributed by atoms with Crippen molar-refractivity contribution in [2.75, 3.05) is 13.1 Å². The highest BCUT2D eigenvalue weighted by atomic mass is 16.5. The molecule has 2 aromatic heterocycles. The number of benzene rings is 1. The Hall–Kier alpha value is -3.26. The number of aromatic nitrogens is 3. The quantitative estimate of drug-likeness (QED) is 0.614. The van der Waals surface area contributed by atoms with E-state index in [2.05, 4.69) is 22.2 Å². The fraction of sp³-hybridized carbons (Fsp3) is 0.417. The minimum Gasteiger partial charge on any atom is -0.373 e. The molecule has 1 aromatic carbocycles. The largest absolute Gasteiger partial charge is 0.373 e. The summed E-state index contributed by atoms with van der Waals surface area (Å²) >= 11 is 0. The Balaban J connectivity index is 1.31. The van der Waals surface area contributed by atoms with E-state index >= 15 is 0 Å². The molecule has 0 spiro atoms. The second-order valence-electron chi connectivity index (χ2n) is 8.30. The van der Waals surface area contributed by atoms with E-state index in [0.29, 0.717) is 43.7 Å². The lowest BCUT2D eigenvalue weighted by atomic mass is 10.0. The molecule has 4 rings (SSSR count). The van der Waals surface area contributed by atoms with E-state index in [1.54, 1.807) is 4.52 Å². The van der Waals surface area contributed by atoms with Gasteiger partial charge < -0.3 is 15.4 Å². The van der Waals surface area contributed by atoms with E-state index < -0.39 is 5.91 Å². The van der Waals surface area contributed by atoms with E-state index in [4.69, 9.17) is 10.5 Å². The highest BCUT2D eigenvalue weighted by Gasteiger charge is 2.24. The second kappa shape index (κ2) is 9.48. The van der Waals surface area contributed by atoms with Crippen molar-refractivity contribution in [2.45, 2.75) is 52.2 Å². The van der Waals surface area contributed by atoms with Crippen molar-refractivity contribution in [2.24, 2.45) is 5.73 Å². The van der Waals surface area contributed by atoms with Gasteiger partial charge in [0, 0.05) is 30.9 Å². The number of aryl methyl sites for hydroxylation is 2. The van der Waals surface area contributed by atoms with Gasteiger partial charge in [-0.15, -0.1) is 0 Å². The predicted octanol–water partition coefficient (Wildman–Crippen LogP) is 2.59. The van der Waals surface area contributed by atoms with Gasteiger partial charge in [0.25, 0.3) is 5.91 Å². The summed E-state index contributed by atoms with van der Waals surface area (Å²) < 4.78 is 7.66. The topological polar surface area (TPSA) is 103 Å². The zero-order valence-corrected chi connectivity index (χ0v) is 18.6. The van der Waals surface area contributed by atoms with E-state index in [1.165, 1.54) is 11.8 Å². The van der Waals surface area contributed by atoms with Gasteiger partial charge >= 0.3 is 0 Å². The number of amides is 2. The van der Waals surface area contributed by atoms with Gasteiger partial charge in [-0.1, -0.05) is 30.3 Å². The van der Waals surface area contributed by atoms with Gasteiger partial charge in [0.2, 0.25) is 5.91 Å². The van der Waals surface area contributed by atoms with Crippen LogP contribution in [0.4, 0.5) is 0 Å². The molecule has 0 bridgehead atoms. The third kappa shape index (κ3) is 4.65. The first-order valence-corrected chi connectivity index (χ1v) is 11.0. The Morgan fingerprint density at radius 2 is 1.88 bits per heavy atom. The highest BCUT2D eigenvalue weighted by Crippen LogP contribution is 2.20. The average Bonchev–Trinajstić information content (AvgIpc) is 3.22. The summed E-state index contributed by atoms with van der Waals surface area (Å²) in [5, 5.41) is 4.25. The Labute approximate surface area is 187 Å². The van der Waals surface area contributed by atoms with Gasteiger partial charge in [-0.25, -0.2) is 9.50 Å². The highest BCUT2D eigenvalue weighted by molar-refractivity contribution is 5.98. The molecule has 2 amide bonds. The van der Waals surface area contributed by atoms with E-state index in [0.717, 1.165) is 29.8 Å². The third-order valence-electron chi connectivity index (χ3n) is 6.19. The number of rotatable bonds is 7. The molecule has 8 nitrogen and oxygen atoms in total. The number of hydrogen-bond acceptors (Lipinski definition) is 5. The molecule has 1 aliphatic rings. The first-order valence-electron chi connectivity index (χ1n) is 11.0. The van der Waals surface area contributed by atoms with E-state index in [-0.39, 0.29) is 12.0 Å². The maximum atomic E-state index is 12.8. The maximum absolute atomic E-state index is 12.8. The van der Waals surface area contributed by atoms with Crippen LogP contribution in [-0.2, 0) is 22.6 Å². The molecule has 1 fully saturated rings. The molecule has 168 valence electrons. The molecule has 2 N–H and O–H groups in total. The molecule has 0 unspecified atom stereocenters. The predicted molar refractivity (Wildman–Crippen MR) is 120 cm³/mol. The van der Waals surface area contributed by atoms with Gasteiger partial charge in [0.1, 0.15) is 5.56 Å². The molecule has 8 heteroatoms. The van der Waals surface area contributed by atoms with Crippen molar-refractivity contribution < 1.29 is 14.3 Å². The van der Waals surface area contributed by atoms with Crippen LogP contribution < -0.4 is 5.73 Å². The molecule has 1 saturated heterocycles. The summed E-state index contributed by atoms with van der Waals surface area (Å²) in [7, 11) is 0. The number of fused-ring (bicyclic) bond motifs is 1. The Morgan fingerprint density at radius 3 is 2.56 bits per heavy atom. The Kier molecular flexibility index (Phi) is 6.50. The number of likely N-dealkylation sites (tertiary alicyclic amines) is 1. The lowest BCUT2D eigenvalue weighted by Crippen LogP contribution is -2.41. The Morgan fingerprint density at radius 1 is 1.16 bits per heavy atom. The summed E-state index contributed by atoms with van der Waals surface area (Å²) in [5.74, 6) is -0.408. The molecule has 3 aromatic rings. The van der Waals surface area contributed by atoms with Crippen molar-refractivity contribution in [1.82, 2.24) is 19.5 Å². The average molecular weight is 436 g/mol. The molecule has 0 aliphatic carbocycles. The molecule has 0 saturated carbocycles.